The lowest BCUT2D eigenvalue weighted by atomic mass is 10.1. The van der Waals surface area contributed by atoms with E-state index in [4.69, 9.17) is 0 Å². The average molecular weight is 306 g/mol. The van der Waals surface area contributed by atoms with Gasteiger partial charge in [-0.25, -0.2) is 4.98 Å². The van der Waals surface area contributed by atoms with Crippen LogP contribution in [-0.2, 0) is 0 Å². The first-order valence-corrected chi connectivity index (χ1v) is 7.78. The Morgan fingerprint density at radius 2 is 2.13 bits per heavy atom. The second kappa shape index (κ2) is 4.71. The van der Waals surface area contributed by atoms with Crippen molar-refractivity contribution < 1.29 is 5.11 Å². The molecule has 5 heteroatoms. The lowest BCUT2D eigenvalue weighted by Crippen LogP contribution is -2.30. The molecular weight excluding hydrogens is 288 g/mol. The van der Waals surface area contributed by atoms with E-state index in [-0.39, 0.29) is 0 Å². The molecule has 1 aliphatic heterocycles. The molecule has 1 saturated heterocycles. The van der Waals surface area contributed by atoms with Crippen molar-refractivity contribution in [3.8, 4) is 6.07 Å². The molecule has 0 aliphatic carbocycles. The topological polar surface area (TPSA) is 64.6 Å². The quantitative estimate of drug-likeness (QED) is 0.750. The fourth-order valence-corrected chi connectivity index (χ4v) is 3.44. The molecule has 4 rings (SSSR count). The zero-order valence-electron chi connectivity index (χ0n) is 13.2. The van der Waals surface area contributed by atoms with Crippen LogP contribution in [0.3, 0.4) is 0 Å². The molecule has 5 nitrogen and oxygen atoms in total. The smallest absolute Gasteiger partial charge is 0.157 e. The first-order chi connectivity index (χ1) is 11.0. The van der Waals surface area contributed by atoms with Crippen molar-refractivity contribution in [1.29, 1.82) is 5.26 Å². The number of aromatic nitrogens is 2. The van der Waals surface area contributed by atoms with Crippen molar-refractivity contribution in [3.63, 3.8) is 0 Å². The monoisotopic (exact) mass is 306 g/mol. The highest BCUT2D eigenvalue weighted by Crippen LogP contribution is 2.32. The van der Waals surface area contributed by atoms with Crippen LogP contribution in [0.5, 0.6) is 0 Å². The summed E-state index contributed by atoms with van der Waals surface area (Å²) in [4.78, 5) is 6.84. The number of nitriles is 1. The molecule has 1 atom stereocenters. The highest BCUT2D eigenvalue weighted by Gasteiger charge is 2.33. The molecule has 0 spiro atoms. The minimum atomic E-state index is -0.676. The highest BCUT2D eigenvalue weighted by molar-refractivity contribution is 5.85. The third-order valence-corrected chi connectivity index (χ3v) is 4.64. The van der Waals surface area contributed by atoms with Crippen LogP contribution in [-0.4, -0.2) is 33.2 Å². The largest absolute Gasteiger partial charge is 0.388 e. The number of anilines is 1. The summed E-state index contributed by atoms with van der Waals surface area (Å²) in [7, 11) is 0. The molecule has 3 aromatic rings. The number of pyridine rings is 1. The van der Waals surface area contributed by atoms with E-state index in [1.54, 1.807) is 0 Å². The maximum atomic E-state index is 10.3. The Hall–Kier alpha value is -2.58. The van der Waals surface area contributed by atoms with Gasteiger partial charge in [0.05, 0.1) is 22.2 Å². The summed E-state index contributed by atoms with van der Waals surface area (Å²) in [6.45, 7) is 5.18. The van der Waals surface area contributed by atoms with Crippen molar-refractivity contribution in [1.82, 2.24) is 9.38 Å². The van der Waals surface area contributed by atoms with Crippen LogP contribution in [0.25, 0.3) is 16.7 Å². The molecule has 23 heavy (non-hydrogen) atoms. The minimum absolute atomic E-state index is 0.583. The van der Waals surface area contributed by atoms with Gasteiger partial charge in [-0.2, -0.15) is 5.26 Å². The molecule has 0 amide bonds. The van der Waals surface area contributed by atoms with E-state index in [9.17, 15) is 10.4 Å². The van der Waals surface area contributed by atoms with Crippen LogP contribution in [0.2, 0.25) is 0 Å². The molecule has 0 saturated carbocycles. The van der Waals surface area contributed by atoms with Crippen molar-refractivity contribution >= 4 is 22.5 Å². The number of hydrogen-bond acceptors (Lipinski definition) is 4. The predicted octanol–water partition coefficient (Wildman–Crippen LogP) is 2.63. The summed E-state index contributed by atoms with van der Waals surface area (Å²) < 4.78 is 2.04. The summed E-state index contributed by atoms with van der Waals surface area (Å²) in [5.74, 6) is 0.989. The molecule has 116 valence electrons. The molecule has 0 bridgehead atoms. The van der Waals surface area contributed by atoms with Gasteiger partial charge in [0, 0.05) is 13.1 Å². The van der Waals surface area contributed by atoms with Crippen LogP contribution >= 0.6 is 0 Å². The van der Waals surface area contributed by atoms with Crippen molar-refractivity contribution in [2.24, 2.45) is 0 Å². The van der Waals surface area contributed by atoms with Gasteiger partial charge in [0.25, 0.3) is 0 Å². The fourth-order valence-electron chi connectivity index (χ4n) is 3.44. The van der Waals surface area contributed by atoms with E-state index in [1.165, 1.54) is 0 Å². The number of imidazole rings is 1. The standard InChI is InChI=1S/C18H18N4O/c1-12-9-16(21-8-7-18(2,23)11-21)22-15-6-4-3-5-14(15)20-17(22)13(12)10-19/h3-6,9,23H,7-8,11H2,1-2H3. The maximum absolute atomic E-state index is 10.3. The Kier molecular flexibility index (Phi) is 2.87. The fraction of sp³-hybridized carbons (Fsp3) is 0.333. The second-order valence-corrected chi connectivity index (χ2v) is 6.60. The van der Waals surface area contributed by atoms with Crippen LogP contribution in [0.1, 0.15) is 24.5 Å². The number of hydrogen-bond donors (Lipinski definition) is 1. The minimum Gasteiger partial charge on any atom is -0.388 e. The Morgan fingerprint density at radius 1 is 1.35 bits per heavy atom. The third-order valence-electron chi connectivity index (χ3n) is 4.64. The zero-order valence-corrected chi connectivity index (χ0v) is 13.2. The summed E-state index contributed by atoms with van der Waals surface area (Å²) in [5, 5.41) is 19.8. The third kappa shape index (κ3) is 2.07. The first-order valence-electron chi connectivity index (χ1n) is 7.78. The molecule has 1 aliphatic rings. The van der Waals surface area contributed by atoms with E-state index in [0.717, 1.165) is 35.4 Å². The van der Waals surface area contributed by atoms with Crippen LogP contribution in [0, 0.1) is 18.3 Å². The number of aryl methyl sites for hydroxylation is 1. The second-order valence-electron chi connectivity index (χ2n) is 6.60. The number of β-amino-alcohol motifs (C(OH)–C–C–N with tert-alkyl or cyclic N) is 1. The van der Waals surface area contributed by atoms with Crippen LogP contribution in [0.4, 0.5) is 5.82 Å². The van der Waals surface area contributed by atoms with Gasteiger partial charge in [0.2, 0.25) is 0 Å². The van der Waals surface area contributed by atoms with E-state index in [2.05, 4.69) is 16.0 Å². The molecule has 1 aromatic carbocycles. The zero-order chi connectivity index (χ0) is 16.2. The summed E-state index contributed by atoms with van der Waals surface area (Å²) in [6, 6.07) is 12.2. The summed E-state index contributed by atoms with van der Waals surface area (Å²) in [5.41, 5.74) is 3.40. The molecule has 0 radical (unpaired) electrons. The number of fused-ring (bicyclic) bond motifs is 3. The Balaban J connectivity index is 2.06. The van der Waals surface area contributed by atoms with Gasteiger partial charge in [0.15, 0.2) is 5.65 Å². The van der Waals surface area contributed by atoms with Crippen LogP contribution in [0.15, 0.2) is 30.3 Å². The molecule has 1 fully saturated rings. The molecule has 3 heterocycles. The number of nitrogens with zero attached hydrogens (tertiary/aromatic N) is 4. The maximum Gasteiger partial charge on any atom is 0.157 e. The van der Waals surface area contributed by atoms with Crippen molar-refractivity contribution in [2.45, 2.75) is 25.9 Å². The number of benzene rings is 1. The van der Waals surface area contributed by atoms with Gasteiger partial charge in [-0.1, -0.05) is 12.1 Å². The Labute approximate surface area is 134 Å². The van der Waals surface area contributed by atoms with Gasteiger partial charge in [0.1, 0.15) is 11.9 Å². The van der Waals surface area contributed by atoms with Gasteiger partial charge in [-0.15, -0.1) is 0 Å². The number of rotatable bonds is 1. The first kappa shape index (κ1) is 14.0. The van der Waals surface area contributed by atoms with E-state index >= 15 is 0 Å². The summed E-state index contributed by atoms with van der Waals surface area (Å²) in [6.07, 6.45) is 0.736. The highest BCUT2D eigenvalue weighted by atomic mass is 16.3. The predicted molar refractivity (Wildman–Crippen MR) is 89.6 cm³/mol. The lowest BCUT2D eigenvalue weighted by Gasteiger charge is -2.23. The van der Waals surface area contributed by atoms with Gasteiger partial charge >= 0.3 is 0 Å². The summed E-state index contributed by atoms with van der Waals surface area (Å²) >= 11 is 0. The SMILES string of the molecule is Cc1cc(N2CCC(C)(O)C2)n2c(nc3ccccc32)c1C#N. The Morgan fingerprint density at radius 3 is 2.83 bits per heavy atom. The normalized spacial score (nSPS) is 21.2. The molecule has 1 unspecified atom stereocenters. The van der Waals surface area contributed by atoms with Crippen molar-refractivity contribution in [3.05, 3.63) is 41.5 Å². The van der Waals surface area contributed by atoms with E-state index < -0.39 is 5.60 Å². The molecule has 2 aromatic heterocycles. The van der Waals surface area contributed by atoms with E-state index in [1.807, 2.05) is 48.6 Å². The number of para-hydroxylation sites is 2. The van der Waals surface area contributed by atoms with Gasteiger partial charge in [-0.05, 0) is 44.0 Å². The Bertz CT molecular complexity index is 964. The van der Waals surface area contributed by atoms with Crippen LogP contribution < -0.4 is 4.90 Å². The van der Waals surface area contributed by atoms with Gasteiger partial charge in [-0.3, -0.25) is 4.40 Å². The molecule has 1 N–H and O–H groups in total. The molecular formula is C18H18N4O. The van der Waals surface area contributed by atoms with Crippen molar-refractivity contribution in [2.75, 3.05) is 18.0 Å². The number of aliphatic hydroxyl groups is 1. The van der Waals surface area contributed by atoms with E-state index in [0.29, 0.717) is 17.8 Å². The lowest BCUT2D eigenvalue weighted by molar-refractivity contribution is 0.0839. The average Bonchev–Trinajstić information content (AvgIpc) is 3.06. The van der Waals surface area contributed by atoms with Gasteiger partial charge < -0.3 is 10.0 Å².